The summed E-state index contributed by atoms with van der Waals surface area (Å²) in [7, 11) is 1.68. The molecule has 2 rings (SSSR count). The van der Waals surface area contributed by atoms with Crippen LogP contribution < -0.4 is 10.1 Å². The van der Waals surface area contributed by atoms with Crippen LogP contribution in [-0.2, 0) is 6.54 Å². The van der Waals surface area contributed by atoms with Crippen LogP contribution in [0.15, 0.2) is 18.2 Å². The summed E-state index contributed by atoms with van der Waals surface area (Å²) in [6, 6.07) is 5.76. The number of rotatable bonds is 5. The van der Waals surface area contributed by atoms with E-state index in [1.807, 2.05) is 18.2 Å². The van der Waals surface area contributed by atoms with E-state index in [1.165, 1.54) is 6.42 Å². The molecule has 2 nitrogen and oxygen atoms in total. The minimum atomic E-state index is 0.774. The van der Waals surface area contributed by atoms with Crippen LogP contribution in [0.1, 0.15) is 18.9 Å². The molecule has 1 aromatic carbocycles. The van der Waals surface area contributed by atoms with E-state index in [2.05, 4.69) is 12.2 Å². The minimum Gasteiger partial charge on any atom is -0.496 e. The second kappa shape index (κ2) is 5.07. The number of benzene rings is 1. The van der Waals surface area contributed by atoms with Crippen molar-refractivity contribution in [2.45, 2.75) is 19.9 Å². The maximum absolute atomic E-state index is 6.15. The lowest BCUT2D eigenvalue weighted by atomic mass is 10.2. The summed E-state index contributed by atoms with van der Waals surface area (Å²) >= 11 is 6.15. The first-order valence-electron chi connectivity index (χ1n) is 5.74. The molecule has 16 heavy (non-hydrogen) atoms. The molecule has 0 heterocycles. The molecule has 1 N–H and O–H groups in total. The third-order valence-corrected chi connectivity index (χ3v) is 3.63. The van der Waals surface area contributed by atoms with Crippen LogP contribution in [0.4, 0.5) is 0 Å². The first kappa shape index (κ1) is 11.7. The van der Waals surface area contributed by atoms with Crippen molar-refractivity contribution in [1.29, 1.82) is 0 Å². The summed E-state index contributed by atoms with van der Waals surface area (Å²) in [5.41, 5.74) is 1.06. The largest absolute Gasteiger partial charge is 0.496 e. The zero-order valence-electron chi connectivity index (χ0n) is 9.79. The number of hydrogen-bond donors (Lipinski definition) is 1. The molecule has 1 saturated carbocycles. The highest BCUT2D eigenvalue weighted by Gasteiger charge is 2.31. The number of hydrogen-bond acceptors (Lipinski definition) is 2. The normalized spacial score (nSPS) is 23.2. The summed E-state index contributed by atoms with van der Waals surface area (Å²) in [6.45, 7) is 4.16. The van der Waals surface area contributed by atoms with Crippen LogP contribution in [0.25, 0.3) is 0 Å². The Hall–Kier alpha value is -0.730. The predicted octanol–water partition coefficient (Wildman–Crippen LogP) is 3.09. The van der Waals surface area contributed by atoms with Gasteiger partial charge in [0.1, 0.15) is 5.75 Å². The van der Waals surface area contributed by atoms with E-state index < -0.39 is 0 Å². The van der Waals surface area contributed by atoms with E-state index in [4.69, 9.17) is 16.3 Å². The Kier molecular flexibility index (Phi) is 3.72. The molecule has 2 atom stereocenters. The zero-order chi connectivity index (χ0) is 11.5. The molecule has 1 fully saturated rings. The van der Waals surface area contributed by atoms with Gasteiger partial charge in [-0.2, -0.15) is 0 Å². The van der Waals surface area contributed by atoms with Crippen molar-refractivity contribution < 1.29 is 4.74 Å². The molecule has 3 heteroatoms. The van der Waals surface area contributed by atoms with Crippen molar-refractivity contribution in [3.8, 4) is 5.75 Å². The van der Waals surface area contributed by atoms with Gasteiger partial charge < -0.3 is 10.1 Å². The summed E-state index contributed by atoms with van der Waals surface area (Å²) in [5, 5.41) is 4.22. The van der Waals surface area contributed by atoms with Gasteiger partial charge in [-0.05, 0) is 36.9 Å². The van der Waals surface area contributed by atoms with Gasteiger partial charge in [-0.3, -0.25) is 0 Å². The van der Waals surface area contributed by atoms with Gasteiger partial charge in [-0.15, -0.1) is 0 Å². The highest BCUT2D eigenvalue weighted by Crippen LogP contribution is 2.37. The molecular formula is C13H18ClNO. The van der Waals surface area contributed by atoms with E-state index in [1.54, 1.807) is 7.11 Å². The van der Waals surface area contributed by atoms with E-state index in [-0.39, 0.29) is 0 Å². The molecule has 1 aliphatic rings. The van der Waals surface area contributed by atoms with Gasteiger partial charge in [0.05, 0.1) is 7.11 Å². The van der Waals surface area contributed by atoms with Crippen molar-refractivity contribution in [3.05, 3.63) is 28.8 Å². The van der Waals surface area contributed by atoms with Crippen LogP contribution in [0.2, 0.25) is 5.02 Å². The molecule has 0 amide bonds. The van der Waals surface area contributed by atoms with Crippen LogP contribution in [0.3, 0.4) is 0 Å². The van der Waals surface area contributed by atoms with Crippen molar-refractivity contribution >= 4 is 11.6 Å². The summed E-state index contributed by atoms with van der Waals surface area (Å²) < 4.78 is 5.30. The predicted molar refractivity (Wildman–Crippen MR) is 67.0 cm³/mol. The van der Waals surface area contributed by atoms with Gasteiger partial charge in [0.25, 0.3) is 0 Å². The van der Waals surface area contributed by atoms with E-state index in [0.717, 1.165) is 41.3 Å². The van der Waals surface area contributed by atoms with Gasteiger partial charge in [-0.1, -0.05) is 24.6 Å². The second-order valence-electron chi connectivity index (χ2n) is 4.52. The molecule has 88 valence electrons. The number of ether oxygens (including phenoxy) is 1. The third-order valence-electron chi connectivity index (χ3n) is 3.28. The van der Waals surface area contributed by atoms with Crippen molar-refractivity contribution in [3.63, 3.8) is 0 Å². The zero-order valence-corrected chi connectivity index (χ0v) is 10.6. The topological polar surface area (TPSA) is 21.3 Å². The SMILES string of the molecule is COc1cccc(Cl)c1CNCC1CC1C. The highest BCUT2D eigenvalue weighted by molar-refractivity contribution is 6.31. The Balaban J connectivity index is 1.92. The first-order chi connectivity index (χ1) is 7.72. The molecule has 1 aromatic rings. The number of halogens is 1. The molecular weight excluding hydrogens is 222 g/mol. The van der Waals surface area contributed by atoms with Gasteiger partial charge >= 0.3 is 0 Å². The van der Waals surface area contributed by atoms with Crippen LogP contribution >= 0.6 is 11.6 Å². The lowest BCUT2D eigenvalue weighted by molar-refractivity contribution is 0.407. The smallest absolute Gasteiger partial charge is 0.124 e. The van der Waals surface area contributed by atoms with Crippen LogP contribution in [0.5, 0.6) is 5.75 Å². The van der Waals surface area contributed by atoms with Crippen LogP contribution in [-0.4, -0.2) is 13.7 Å². The fourth-order valence-electron chi connectivity index (χ4n) is 1.97. The van der Waals surface area contributed by atoms with Crippen molar-refractivity contribution in [1.82, 2.24) is 5.32 Å². The average Bonchev–Trinajstić information content (AvgIpc) is 2.97. The van der Waals surface area contributed by atoms with Crippen molar-refractivity contribution in [2.24, 2.45) is 11.8 Å². The lowest BCUT2D eigenvalue weighted by Crippen LogP contribution is -2.17. The van der Waals surface area contributed by atoms with Crippen molar-refractivity contribution in [2.75, 3.05) is 13.7 Å². The van der Waals surface area contributed by atoms with Gasteiger partial charge in [0.2, 0.25) is 0 Å². The lowest BCUT2D eigenvalue weighted by Gasteiger charge is -2.11. The quantitative estimate of drug-likeness (QED) is 0.853. The summed E-state index contributed by atoms with van der Waals surface area (Å²) in [4.78, 5) is 0. The van der Waals surface area contributed by atoms with Crippen LogP contribution in [0, 0.1) is 11.8 Å². The first-order valence-corrected chi connectivity index (χ1v) is 6.12. The van der Waals surface area contributed by atoms with Gasteiger partial charge in [0, 0.05) is 17.1 Å². The highest BCUT2D eigenvalue weighted by atomic mass is 35.5. The summed E-state index contributed by atoms with van der Waals surface area (Å²) in [5.74, 6) is 2.61. The molecule has 1 aliphatic carbocycles. The molecule has 0 spiro atoms. The van der Waals surface area contributed by atoms with Gasteiger partial charge in [-0.25, -0.2) is 0 Å². The van der Waals surface area contributed by atoms with E-state index in [9.17, 15) is 0 Å². The Bertz CT molecular complexity index is 367. The fraction of sp³-hybridized carbons (Fsp3) is 0.538. The average molecular weight is 240 g/mol. The number of methoxy groups -OCH3 is 1. The maximum Gasteiger partial charge on any atom is 0.124 e. The number of nitrogens with one attached hydrogen (secondary N) is 1. The Morgan fingerprint density at radius 3 is 2.88 bits per heavy atom. The minimum absolute atomic E-state index is 0.774. The molecule has 0 aliphatic heterocycles. The monoisotopic (exact) mass is 239 g/mol. The Labute approximate surface area is 102 Å². The molecule has 0 saturated heterocycles. The van der Waals surface area contributed by atoms with E-state index >= 15 is 0 Å². The molecule has 0 aromatic heterocycles. The molecule has 2 unspecified atom stereocenters. The maximum atomic E-state index is 6.15. The molecule has 0 radical (unpaired) electrons. The summed E-state index contributed by atoms with van der Waals surface area (Å²) in [6.07, 6.45) is 1.35. The fourth-order valence-corrected chi connectivity index (χ4v) is 2.20. The Morgan fingerprint density at radius 1 is 1.50 bits per heavy atom. The Morgan fingerprint density at radius 2 is 2.25 bits per heavy atom. The second-order valence-corrected chi connectivity index (χ2v) is 4.93. The van der Waals surface area contributed by atoms with Gasteiger partial charge in [0.15, 0.2) is 0 Å². The molecule has 0 bridgehead atoms. The standard InChI is InChI=1S/C13H18ClNO/c1-9-6-10(9)7-15-8-11-12(14)4-3-5-13(11)16-2/h3-5,9-10,15H,6-8H2,1-2H3. The van der Waals surface area contributed by atoms with E-state index in [0.29, 0.717) is 0 Å². The third kappa shape index (κ3) is 2.69.